The van der Waals surface area contributed by atoms with Gasteiger partial charge in [-0.3, -0.25) is 0 Å². The van der Waals surface area contributed by atoms with Crippen LogP contribution in [0, 0.1) is 0 Å². The fourth-order valence-electron chi connectivity index (χ4n) is 1.91. The first-order valence-corrected chi connectivity index (χ1v) is 6.60. The van der Waals surface area contributed by atoms with Crippen LogP contribution in [0.15, 0.2) is 34.6 Å². The normalized spacial score (nSPS) is 12.4. The summed E-state index contributed by atoms with van der Waals surface area (Å²) in [4.78, 5) is 17.5. The van der Waals surface area contributed by atoms with Crippen LogP contribution in [-0.4, -0.2) is 21.7 Å². The van der Waals surface area contributed by atoms with Gasteiger partial charge in [0.1, 0.15) is 5.82 Å². The monoisotopic (exact) mass is 375 g/mol. The third-order valence-electron chi connectivity index (χ3n) is 2.80. The van der Waals surface area contributed by atoms with Gasteiger partial charge in [-0.25, -0.2) is 4.98 Å². The maximum Gasteiger partial charge on any atom is 0.231 e. The molecule has 2 N–H and O–H groups in total. The molecular formula is C12H8N5O2SY-. The van der Waals surface area contributed by atoms with E-state index in [0.29, 0.717) is 27.9 Å². The Morgan fingerprint density at radius 3 is 3.00 bits per heavy atom. The van der Waals surface area contributed by atoms with Crippen molar-refractivity contribution >= 4 is 28.7 Å². The summed E-state index contributed by atoms with van der Waals surface area (Å²) in [6, 6.07) is 5.68. The molecule has 103 valence electrons. The van der Waals surface area contributed by atoms with Crippen LogP contribution in [-0.2, 0) is 32.7 Å². The predicted molar refractivity (Wildman–Crippen MR) is 71.8 cm³/mol. The molecule has 21 heavy (non-hydrogen) atoms. The van der Waals surface area contributed by atoms with E-state index < -0.39 is 0 Å². The minimum Gasteiger partial charge on any atom is -0.454 e. The molecule has 1 aromatic carbocycles. The number of nitrogens with zero attached hydrogens (tertiary/aromatic N) is 4. The zero-order valence-electron chi connectivity index (χ0n) is 10.7. The zero-order valence-corrected chi connectivity index (χ0v) is 14.3. The number of rotatable bonds is 2. The fraction of sp³-hybridized carbons (Fsp3) is 0.0833. The quantitative estimate of drug-likeness (QED) is 0.719. The van der Waals surface area contributed by atoms with Crippen molar-refractivity contribution in [1.82, 2.24) is 19.9 Å². The van der Waals surface area contributed by atoms with Crippen molar-refractivity contribution in [3.63, 3.8) is 0 Å². The van der Waals surface area contributed by atoms with Gasteiger partial charge < -0.3 is 30.2 Å². The molecule has 0 atom stereocenters. The van der Waals surface area contributed by atoms with Gasteiger partial charge in [0.2, 0.25) is 6.79 Å². The van der Waals surface area contributed by atoms with Crippen LogP contribution in [0.25, 0.3) is 11.2 Å². The smallest absolute Gasteiger partial charge is 0.231 e. The molecule has 0 aliphatic carbocycles. The van der Waals surface area contributed by atoms with Gasteiger partial charge in [0.25, 0.3) is 0 Å². The topological polar surface area (TPSA) is 97.3 Å². The van der Waals surface area contributed by atoms with Gasteiger partial charge in [-0.15, -0.1) is 0 Å². The van der Waals surface area contributed by atoms with Crippen molar-refractivity contribution in [3.05, 3.63) is 24.5 Å². The second-order valence-corrected chi connectivity index (χ2v) is 5.04. The largest absolute Gasteiger partial charge is 0.454 e. The van der Waals surface area contributed by atoms with Crippen molar-refractivity contribution in [1.29, 1.82) is 0 Å². The minimum atomic E-state index is 0. The molecule has 0 saturated carbocycles. The van der Waals surface area contributed by atoms with E-state index in [0.717, 1.165) is 10.6 Å². The maximum absolute atomic E-state index is 5.75. The first-order chi connectivity index (χ1) is 9.81. The number of para-hydroxylation sites is 1. The van der Waals surface area contributed by atoms with Gasteiger partial charge in [0, 0.05) is 50.2 Å². The average Bonchev–Trinajstić information content (AvgIpc) is 3.06. The van der Waals surface area contributed by atoms with Crippen molar-refractivity contribution in [2.75, 3.05) is 12.5 Å². The Morgan fingerprint density at radius 2 is 2.14 bits per heavy atom. The van der Waals surface area contributed by atoms with Gasteiger partial charge >= 0.3 is 0 Å². The van der Waals surface area contributed by atoms with Crippen LogP contribution >= 0.6 is 11.8 Å². The third kappa shape index (κ3) is 2.58. The molecule has 7 nitrogen and oxygen atoms in total. The molecule has 0 saturated heterocycles. The number of benzene rings is 1. The summed E-state index contributed by atoms with van der Waals surface area (Å²) >= 11 is 1.38. The molecule has 1 aliphatic heterocycles. The van der Waals surface area contributed by atoms with Crippen molar-refractivity contribution < 1.29 is 42.2 Å². The Labute approximate surface area is 148 Å². The number of nitrogen functional groups attached to an aromatic ring is 1. The molecule has 9 heteroatoms. The number of hydrogen-bond acceptors (Lipinski definition) is 7. The molecule has 3 heterocycles. The zero-order chi connectivity index (χ0) is 13.5. The van der Waals surface area contributed by atoms with Crippen LogP contribution in [0.5, 0.6) is 11.5 Å². The molecule has 0 unspecified atom stereocenters. The second kappa shape index (κ2) is 5.78. The number of anilines is 1. The number of aromatic nitrogens is 4. The Morgan fingerprint density at radius 1 is 1.24 bits per heavy atom. The molecule has 1 aliphatic rings. The van der Waals surface area contributed by atoms with Gasteiger partial charge in [-0.2, -0.15) is 0 Å². The van der Waals surface area contributed by atoms with Gasteiger partial charge in [0.15, 0.2) is 11.5 Å². The standard InChI is InChI=1S/C12H8N5O2S.Y/c13-10-8-11(15-4-14-10)17-12(16-8)20-7-3-1-2-6-9(7)19-5-18-6;/h1-4H,5H2,(H2-,13,14,15,16,17);/q-1;. The molecule has 1 radical (unpaired) electrons. The summed E-state index contributed by atoms with van der Waals surface area (Å²) in [6.45, 7) is 0.231. The third-order valence-corrected chi connectivity index (χ3v) is 3.71. The summed E-state index contributed by atoms with van der Waals surface area (Å²) < 4.78 is 10.8. The Hall–Kier alpha value is -1.38. The number of ether oxygens (including phenoxy) is 2. The Kier molecular flexibility index (Phi) is 4.01. The summed E-state index contributed by atoms with van der Waals surface area (Å²) in [5.41, 5.74) is 6.75. The first kappa shape index (κ1) is 14.6. The summed E-state index contributed by atoms with van der Waals surface area (Å²) in [6.07, 6.45) is 1.37. The molecule has 0 amide bonds. The van der Waals surface area contributed by atoms with Crippen LogP contribution in [0.4, 0.5) is 5.82 Å². The van der Waals surface area contributed by atoms with Crippen molar-refractivity contribution in [3.8, 4) is 11.5 Å². The van der Waals surface area contributed by atoms with Crippen molar-refractivity contribution in [2.45, 2.75) is 10.1 Å². The predicted octanol–water partition coefficient (Wildman–Crippen LogP) is 1.44. The Bertz CT molecular complexity index is 809. The summed E-state index contributed by atoms with van der Waals surface area (Å²) in [7, 11) is 0. The fourth-order valence-corrected chi connectivity index (χ4v) is 2.78. The molecule has 2 aromatic heterocycles. The van der Waals surface area contributed by atoms with Gasteiger partial charge in [-0.05, 0) is 12.1 Å². The molecule has 4 rings (SSSR count). The van der Waals surface area contributed by atoms with E-state index in [1.807, 2.05) is 18.2 Å². The van der Waals surface area contributed by atoms with E-state index in [1.165, 1.54) is 18.1 Å². The van der Waals surface area contributed by atoms with E-state index in [-0.39, 0.29) is 39.5 Å². The molecular weight excluding hydrogens is 367 g/mol. The maximum atomic E-state index is 5.75. The number of imidazole rings is 1. The molecule has 0 spiro atoms. The number of fused-ring (bicyclic) bond motifs is 2. The first-order valence-electron chi connectivity index (χ1n) is 5.78. The molecule has 3 aromatic rings. The van der Waals surface area contributed by atoms with Crippen LogP contribution in [0.1, 0.15) is 0 Å². The van der Waals surface area contributed by atoms with E-state index in [2.05, 4.69) is 19.9 Å². The Balaban J connectivity index is 0.00000132. The average molecular weight is 375 g/mol. The summed E-state index contributed by atoms with van der Waals surface area (Å²) in [5, 5.41) is 0.552. The van der Waals surface area contributed by atoms with Gasteiger partial charge in [-0.1, -0.05) is 17.8 Å². The number of nitrogens with two attached hydrogens (primary N) is 1. The minimum absolute atomic E-state index is 0. The second-order valence-electron chi connectivity index (χ2n) is 4.03. The van der Waals surface area contributed by atoms with E-state index in [1.54, 1.807) is 0 Å². The van der Waals surface area contributed by atoms with Crippen LogP contribution in [0.3, 0.4) is 0 Å². The SMILES string of the molecule is Nc1ncnc2[n-]c(Sc3cccc4c3OCO4)nc12.[Y]. The van der Waals surface area contributed by atoms with Crippen LogP contribution in [0.2, 0.25) is 0 Å². The van der Waals surface area contributed by atoms with Gasteiger partial charge in [0.05, 0.1) is 10.1 Å². The van der Waals surface area contributed by atoms with E-state index >= 15 is 0 Å². The molecule has 0 fully saturated rings. The van der Waals surface area contributed by atoms with E-state index in [4.69, 9.17) is 15.2 Å². The van der Waals surface area contributed by atoms with Crippen LogP contribution < -0.4 is 20.2 Å². The number of hydrogen-bond donors (Lipinski definition) is 1. The summed E-state index contributed by atoms with van der Waals surface area (Å²) in [5.74, 6) is 1.77. The van der Waals surface area contributed by atoms with E-state index in [9.17, 15) is 0 Å². The molecule has 0 bridgehead atoms. The van der Waals surface area contributed by atoms with Crippen molar-refractivity contribution in [2.24, 2.45) is 0 Å².